The van der Waals surface area contributed by atoms with Crippen molar-refractivity contribution >= 4 is 33.6 Å². The zero-order chi connectivity index (χ0) is 24.6. The topological polar surface area (TPSA) is 68.4 Å². The maximum Gasteiger partial charge on any atom is 0.240 e. The Hall–Kier alpha value is -3.90. The van der Waals surface area contributed by atoms with Gasteiger partial charge >= 0.3 is 0 Å². The zero-order valence-electron chi connectivity index (χ0n) is 20.1. The van der Waals surface area contributed by atoms with E-state index in [1.807, 2.05) is 42.5 Å². The first-order valence-corrected chi connectivity index (χ1v) is 13.0. The number of benzene rings is 3. The molecule has 3 aromatic carbocycles. The summed E-state index contributed by atoms with van der Waals surface area (Å²) in [5.41, 5.74) is 3.44. The number of thiophene rings is 1. The number of aromatic nitrogens is 2. The van der Waals surface area contributed by atoms with Crippen molar-refractivity contribution < 1.29 is 14.3 Å². The lowest BCUT2D eigenvalue weighted by Crippen LogP contribution is -1.92. The molecule has 1 saturated carbocycles. The maximum absolute atomic E-state index is 10.1. The van der Waals surface area contributed by atoms with E-state index in [4.69, 9.17) is 9.15 Å². The average Bonchev–Trinajstić information content (AvgIpc) is 3.53. The lowest BCUT2D eigenvalue weighted by atomic mass is 9.96. The van der Waals surface area contributed by atoms with Crippen LogP contribution in [0.5, 0.6) is 17.2 Å². The van der Waals surface area contributed by atoms with Gasteiger partial charge in [0.25, 0.3) is 0 Å². The number of phenolic OH excluding ortho intramolecular Hbond substituents is 1. The number of aromatic hydroxyl groups is 1. The summed E-state index contributed by atoms with van der Waals surface area (Å²) in [5.74, 6) is 3.90. The van der Waals surface area contributed by atoms with Crippen molar-refractivity contribution in [2.24, 2.45) is 0 Å². The smallest absolute Gasteiger partial charge is 0.240 e. The number of phenols is 1. The Morgan fingerprint density at radius 2 is 1.81 bits per heavy atom. The van der Waals surface area contributed by atoms with E-state index in [1.165, 1.54) is 5.56 Å². The Morgan fingerprint density at radius 3 is 2.58 bits per heavy atom. The van der Waals surface area contributed by atoms with Gasteiger partial charge in [-0.25, -0.2) is 0 Å². The molecule has 1 fully saturated rings. The summed E-state index contributed by atoms with van der Waals surface area (Å²) in [6, 6.07) is 21.8. The molecule has 0 unspecified atom stereocenters. The zero-order valence-corrected chi connectivity index (χ0v) is 21.0. The molecule has 6 heteroatoms. The molecule has 0 radical (unpaired) electrons. The Labute approximate surface area is 213 Å². The second-order valence-corrected chi connectivity index (χ2v) is 10.5. The Kier molecular flexibility index (Phi) is 5.82. The van der Waals surface area contributed by atoms with E-state index in [-0.39, 0.29) is 5.75 Å². The first-order chi connectivity index (χ1) is 17.5. The third-order valence-corrected chi connectivity index (χ3v) is 7.52. The van der Waals surface area contributed by atoms with E-state index in [1.54, 1.807) is 23.5 Å². The molecule has 180 valence electrons. The van der Waals surface area contributed by atoms with E-state index in [2.05, 4.69) is 48.3 Å². The monoisotopic (exact) mass is 494 g/mol. The van der Waals surface area contributed by atoms with Crippen LogP contribution in [0.4, 0.5) is 0 Å². The molecule has 1 aliphatic carbocycles. The predicted molar refractivity (Wildman–Crippen MR) is 145 cm³/mol. The van der Waals surface area contributed by atoms with Crippen LogP contribution in [0.3, 0.4) is 0 Å². The third-order valence-electron chi connectivity index (χ3n) is 6.36. The number of nitrogens with zero attached hydrogens (tertiary/aromatic N) is 2. The number of hydrogen-bond donors (Lipinski definition) is 1. The number of hydrogen-bond acceptors (Lipinski definition) is 6. The van der Waals surface area contributed by atoms with Crippen LogP contribution in [0, 0.1) is 0 Å². The van der Waals surface area contributed by atoms with Gasteiger partial charge in [-0.3, -0.25) is 0 Å². The molecular formula is C30H26N2O3S. The Bertz CT molecular complexity index is 1560. The molecule has 1 aliphatic rings. The molecule has 2 aromatic heterocycles. The molecule has 36 heavy (non-hydrogen) atoms. The quantitative estimate of drug-likeness (QED) is 0.245. The fraction of sp³-hybridized carbons (Fsp3) is 0.200. The summed E-state index contributed by atoms with van der Waals surface area (Å²) < 4.78 is 13.2. The normalized spacial score (nSPS) is 13.8. The molecular weight excluding hydrogens is 468 g/mol. The highest BCUT2D eigenvalue weighted by Crippen LogP contribution is 2.48. The summed E-state index contributed by atoms with van der Waals surface area (Å²) in [5, 5.41) is 19.3. The minimum atomic E-state index is 0.251. The van der Waals surface area contributed by atoms with Crippen molar-refractivity contribution in [2.75, 3.05) is 0 Å². The van der Waals surface area contributed by atoms with Crippen molar-refractivity contribution in [3.8, 4) is 27.7 Å². The van der Waals surface area contributed by atoms with Crippen molar-refractivity contribution in [2.45, 2.75) is 38.5 Å². The van der Waals surface area contributed by atoms with Crippen LogP contribution in [0.15, 0.2) is 71.1 Å². The van der Waals surface area contributed by atoms with Crippen molar-refractivity contribution in [1.82, 2.24) is 10.2 Å². The lowest BCUT2D eigenvalue weighted by molar-refractivity contribution is 0.476. The van der Waals surface area contributed by atoms with Gasteiger partial charge in [-0.15, -0.1) is 21.5 Å². The number of ether oxygens (including phenoxy) is 1. The van der Waals surface area contributed by atoms with Crippen LogP contribution in [-0.4, -0.2) is 15.3 Å². The highest BCUT2D eigenvalue weighted by molar-refractivity contribution is 7.22. The van der Waals surface area contributed by atoms with Gasteiger partial charge in [0, 0.05) is 22.1 Å². The van der Waals surface area contributed by atoms with Gasteiger partial charge in [0.05, 0.1) is 4.88 Å². The molecule has 0 aliphatic heterocycles. The number of rotatable bonds is 7. The van der Waals surface area contributed by atoms with Gasteiger partial charge < -0.3 is 14.3 Å². The summed E-state index contributed by atoms with van der Waals surface area (Å²) in [4.78, 5) is 1.06. The fourth-order valence-electron chi connectivity index (χ4n) is 4.29. The summed E-state index contributed by atoms with van der Waals surface area (Å²) >= 11 is 1.64. The fourth-order valence-corrected chi connectivity index (χ4v) is 5.50. The van der Waals surface area contributed by atoms with Gasteiger partial charge in [0.2, 0.25) is 11.8 Å². The van der Waals surface area contributed by atoms with Crippen LogP contribution < -0.4 is 4.74 Å². The van der Waals surface area contributed by atoms with Crippen LogP contribution in [-0.2, 0) is 0 Å². The first-order valence-electron chi connectivity index (χ1n) is 12.2. The summed E-state index contributed by atoms with van der Waals surface area (Å²) in [6.07, 6.45) is 6.08. The van der Waals surface area contributed by atoms with Gasteiger partial charge in [-0.2, -0.15) is 0 Å². The molecule has 6 rings (SSSR count). The first kappa shape index (κ1) is 22.6. The van der Waals surface area contributed by atoms with E-state index in [0.717, 1.165) is 56.3 Å². The van der Waals surface area contributed by atoms with Gasteiger partial charge in [0.1, 0.15) is 11.5 Å². The summed E-state index contributed by atoms with van der Waals surface area (Å²) in [7, 11) is 0. The summed E-state index contributed by atoms with van der Waals surface area (Å²) in [6.45, 7) is 4.40. The molecule has 0 atom stereocenters. The molecule has 2 heterocycles. The largest absolute Gasteiger partial charge is 0.508 e. The van der Waals surface area contributed by atoms with Crippen LogP contribution >= 0.6 is 11.3 Å². The van der Waals surface area contributed by atoms with Crippen molar-refractivity contribution in [3.63, 3.8) is 0 Å². The molecule has 1 N–H and O–H groups in total. The standard InChI is InChI=1S/C30H26N2O3S/c1-18(2)23-5-3-4-6-24(23)29-28(25-15-12-21(33)17-26(25)36-29)34-22-13-7-19(8-14-22)9-16-27-31-32-30(35-27)20-10-11-20/h3-9,12-18,20,33H,10-11H2,1-2H3. The minimum absolute atomic E-state index is 0.251. The molecule has 0 spiro atoms. The molecule has 0 bridgehead atoms. The van der Waals surface area contributed by atoms with Gasteiger partial charge in [0.15, 0.2) is 5.75 Å². The second-order valence-electron chi connectivity index (χ2n) is 9.44. The van der Waals surface area contributed by atoms with E-state index in [0.29, 0.717) is 17.7 Å². The van der Waals surface area contributed by atoms with E-state index < -0.39 is 0 Å². The molecule has 5 nitrogen and oxygen atoms in total. The maximum atomic E-state index is 10.1. The van der Waals surface area contributed by atoms with Gasteiger partial charge in [-0.05, 0) is 71.9 Å². The highest BCUT2D eigenvalue weighted by atomic mass is 32.1. The van der Waals surface area contributed by atoms with Crippen LogP contribution in [0.25, 0.3) is 32.7 Å². The molecule has 0 amide bonds. The second kappa shape index (κ2) is 9.28. The average molecular weight is 495 g/mol. The SMILES string of the molecule is CC(C)c1ccccc1-c1sc2cc(O)ccc2c1Oc1ccc(C=Cc2nnc(C3CC3)o2)cc1. The lowest BCUT2D eigenvalue weighted by Gasteiger charge is -2.14. The van der Waals surface area contributed by atoms with E-state index in [9.17, 15) is 5.11 Å². The van der Waals surface area contributed by atoms with E-state index >= 15 is 0 Å². The molecule has 5 aromatic rings. The van der Waals surface area contributed by atoms with Gasteiger partial charge in [-0.1, -0.05) is 50.2 Å². The minimum Gasteiger partial charge on any atom is -0.508 e. The van der Waals surface area contributed by atoms with Crippen molar-refractivity contribution in [3.05, 3.63) is 89.6 Å². The third kappa shape index (κ3) is 4.52. The Balaban J connectivity index is 1.31. The van der Waals surface area contributed by atoms with Crippen LogP contribution in [0.1, 0.15) is 61.4 Å². The Morgan fingerprint density at radius 1 is 1.00 bits per heavy atom. The molecule has 0 saturated heterocycles. The van der Waals surface area contributed by atoms with Crippen molar-refractivity contribution in [1.29, 1.82) is 0 Å². The number of fused-ring (bicyclic) bond motifs is 1. The highest BCUT2D eigenvalue weighted by Gasteiger charge is 2.29. The van der Waals surface area contributed by atoms with Crippen LogP contribution in [0.2, 0.25) is 0 Å². The predicted octanol–water partition coefficient (Wildman–Crippen LogP) is 8.62.